The Kier molecular flexibility index (Phi) is 11.2. The van der Waals surface area contributed by atoms with Crippen LogP contribution in [-0.2, 0) is 4.74 Å². The van der Waals surface area contributed by atoms with Crippen LogP contribution in [0.1, 0.15) is 19.8 Å². The summed E-state index contributed by atoms with van der Waals surface area (Å²) in [5.41, 5.74) is 0. The van der Waals surface area contributed by atoms with E-state index in [9.17, 15) is 0 Å². The zero-order chi connectivity index (χ0) is 18.8. The summed E-state index contributed by atoms with van der Waals surface area (Å²) >= 11 is 1.91. The molecule has 0 aromatic heterocycles. The number of aliphatic imine (C=N–C) groups is 1. The molecule has 1 aliphatic heterocycles. The fourth-order valence-electron chi connectivity index (χ4n) is 2.85. The number of halogens is 1. The van der Waals surface area contributed by atoms with Gasteiger partial charge in [-0.15, -0.1) is 24.0 Å². The number of thioether (sulfide) groups is 1. The topological polar surface area (TPSA) is 64.1 Å². The van der Waals surface area contributed by atoms with Gasteiger partial charge in [-0.25, -0.2) is 0 Å². The van der Waals surface area contributed by atoms with E-state index in [0.29, 0.717) is 6.54 Å². The Morgan fingerprint density at radius 2 is 2.00 bits per heavy atom. The quantitative estimate of drug-likeness (QED) is 0.319. The molecule has 27 heavy (non-hydrogen) atoms. The summed E-state index contributed by atoms with van der Waals surface area (Å²) in [6.07, 6.45) is 4.30. The number of ether oxygens (including phenoxy) is 3. The zero-order valence-electron chi connectivity index (χ0n) is 16.6. The van der Waals surface area contributed by atoms with Gasteiger partial charge in [-0.3, -0.25) is 4.99 Å². The van der Waals surface area contributed by atoms with E-state index in [1.807, 2.05) is 43.0 Å². The molecular weight excluding hydrogens is 477 g/mol. The van der Waals surface area contributed by atoms with Crippen molar-refractivity contribution in [3.63, 3.8) is 0 Å². The second-order valence-electron chi connectivity index (χ2n) is 6.41. The number of nitrogens with one attached hydrogen (secondary N) is 2. The van der Waals surface area contributed by atoms with E-state index in [1.54, 1.807) is 14.2 Å². The van der Waals surface area contributed by atoms with Gasteiger partial charge in [0.05, 0.1) is 13.7 Å². The Labute approximate surface area is 184 Å². The van der Waals surface area contributed by atoms with Crippen LogP contribution >= 0.6 is 35.7 Å². The van der Waals surface area contributed by atoms with Crippen molar-refractivity contribution in [1.82, 2.24) is 10.6 Å². The van der Waals surface area contributed by atoms with Crippen LogP contribution in [0.15, 0.2) is 29.3 Å². The van der Waals surface area contributed by atoms with Crippen LogP contribution in [-0.4, -0.2) is 63.5 Å². The van der Waals surface area contributed by atoms with Crippen molar-refractivity contribution < 1.29 is 14.2 Å². The average Bonchev–Trinajstić information content (AvgIpc) is 2.69. The van der Waals surface area contributed by atoms with Crippen molar-refractivity contribution in [1.29, 1.82) is 0 Å². The van der Waals surface area contributed by atoms with Gasteiger partial charge in [0.15, 0.2) is 5.96 Å². The van der Waals surface area contributed by atoms with Crippen molar-refractivity contribution in [3.8, 4) is 11.5 Å². The maximum atomic E-state index is 5.94. The van der Waals surface area contributed by atoms with Crippen LogP contribution in [0.3, 0.4) is 0 Å². The smallest absolute Gasteiger partial charge is 0.191 e. The van der Waals surface area contributed by atoms with E-state index < -0.39 is 0 Å². The molecule has 6 nitrogen and oxygen atoms in total. The zero-order valence-corrected chi connectivity index (χ0v) is 19.8. The third-order valence-corrected chi connectivity index (χ3v) is 5.99. The molecule has 1 aromatic carbocycles. The molecule has 0 radical (unpaired) electrons. The van der Waals surface area contributed by atoms with Gasteiger partial charge >= 0.3 is 0 Å². The fourth-order valence-corrected chi connectivity index (χ4v) is 3.64. The molecule has 0 amide bonds. The number of hydrogen-bond acceptors (Lipinski definition) is 5. The van der Waals surface area contributed by atoms with Crippen molar-refractivity contribution in [2.75, 3.05) is 46.7 Å². The monoisotopic (exact) mass is 509 g/mol. The summed E-state index contributed by atoms with van der Waals surface area (Å²) in [7, 11) is 3.44. The second-order valence-corrected chi connectivity index (χ2v) is 7.69. The van der Waals surface area contributed by atoms with Gasteiger partial charge < -0.3 is 24.8 Å². The van der Waals surface area contributed by atoms with Gasteiger partial charge in [0.25, 0.3) is 0 Å². The number of benzene rings is 1. The molecule has 1 saturated heterocycles. The van der Waals surface area contributed by atoms with Crippen LogP contribution in [0.2, 0.25) is 0 Å². The molecule has 1 heterocycles. The van der Waals surface area contributed by atoms with Crippen LogP contribution in [0.5, 0.6) is 11.5 Å². The molecule has 1 aliphatic rings. The standard InChI is InChI=1S/C19H31N3O3S.HI/c1-15(25-17-7-5-6-16(12-17)23-3)13-21-18(20-2)22-14-19(26-4)8-10-24-11-9-19;/h5-7,12,15H,8-11,13-14H2,1-4H3,(H2,20,21,22);1H. The highest BCUT2D eigenvalue weighted by atomic mass is 127. The minimum absolute atomic E-state index is 0. The van der Waals surface area contributed by atoms with E-state index in [1.165, 1.54) is 0 Å². The highest BCUT2D eigenvalue weighted by Gasteiger charge is 2.31. The van der Waals surface area contributed by atoms with Crippen LogP contribution in [0, 0.1) is 0 Å². The lowest BCUT2D eigenvalue weighted by Gasteiger charge is -2.36. The molecule has 0 bridgehead atoms. The number of guanidine groups is 1. The summed E-state index contributed by atoms with van der Waals surface area (Å²) in [6, 6.07) is 7.64. The van der Waals surface area contributed by atoms with Gasteiger partial charge in [0, 0.05) is 37.6 Å². The molecule has 154 valence electrons. The largest absolute Gasteiger partial charge is 0.497 e. The number of rotatable bonds is 8. The lowest BCUT2D eigenvalue weighted by atomic mass is 9.99. The Hall–Kier alpha value is -0.870. The van der Waals surface area contributed by atoms with Crippen LogP contribution in [0.4, 0.5) is 0 Å². The molecule has 0 saturated carbocycles. The highest BCUT2D eigenvalue weighted by molar-refractivity contribution is 14.0. The van der Waals surface area contributed by atoms with Crippen LogP contribution in [0.25, 0.3) is 0 Å². The Morgan fingerprint density at radius 3 is 2.63 bits per heavy atom. The predicted molar refractivity (Wildman–Crippen MR) is 124 cm³/mol. The molecular formula is C19H32IN3O3S. The van der Waals surface area contributed by atoms with Crippen molar-refractivity contribution >= 4 is 41.7 Å². The lowest BCUT2D eigenvalue weighted by Crippen LogP contribution is -2.49. The molecule has 0 spiro atoms. The first-order chi connectivity index (χ1) is 12.6. The van der Waals surface area contributed by atoms with Gasteiger partial charge in [0.1, 0.15) is 17.6 Å². The average molecular weight is 509 g/mol. The van der Waals surface area contributed by atoms with E-state index >= 15 is 0 Å². The Balaban J connectivity index is 0.00000364. The number of hydrogen-bond donors (Lipinski definition) is 2. The van der Waals surface area contributed by atoms with Crippen LogP contribution < -0.4 is 20.1 Å². The molecule has 1 unspecified atom stereocenters. The third-order valence-electron chi connectivity index (χ3n) is 4.57. The number of methoxy groups -OCH3 is 1. The predicted octanol–water partition coefficient (Wildman–Crippen LogP) is 3.16. The summed E-state index contributed by atoms with van der Waals surface area (Å²) in [6.45, 7) is 5.23. The van der Waals surface area contributed by atoms with E-state index in [-0.39, 0.29) is 34.8 Å². The van der Waals surface area contributed by atoms with Gasteiger partial charge in [-0.1, -0.05) is 6.07 Å². The number of nitrogens with zero attached hydrogens (tertiary/aromatic N) is 1. The molecule has 2 rings (SSSR count). The Bertz CT molecular complexity index is 583. The fraction of sp³-hybridized carbons (Fsp3) is 0.632. The first kappa shape index (κ1) is 24.2. The third kappa shape index (κ3) is 7.95. The van der Waals surface area contributed by atoms with E-state index in [4.69, 9.17) is 14.2 Å². The lowest BCUT2D eigenvalue weighted by molar-refractivity contribution is 0.0782. The maximum absolute atomic E-state index is 5.94. The first-order valence-corrected chi connectivity index (χ1v) is 10.2. The normalized spacial score (nSPS) is 17.4. The summed E-state index contributed by atoms with van der Waals surface area (Å²) < 4.78 is 16.9. The van der Waals surface area contributed by atoms with Crippen molar-refractivity contribution in [3.05, 3.63) is 24.3 Å². The van der Waals surface area contributed by atoms with Gasteiger partial charge in [-0.2, -0.15) is 11.8 Å². The highest BCUT2D eigenvalue weighted by Crippen LogP contribution is 2.32. The minimum Gasteiger partial charge on any atom is -0.497 e. The van der Waals surface area contributed by atoms with E-state index in [2.05, 4.69) is 21.9 Å². The second kappa shape index (κ2) is 12.6. The minimum atomic E-state index is -0.00162. The van der Waals surface area contributed by atoms with Crippen molar-refractivity contribution in [2.45, 2.75) is 30.6 Å². The molecule has 2 N–H and O–H groups in total. The van der Waals surface area contributed by atoms with E-state index in [0.717, 1.165) is 50.1 Å². The molecule has 1 atom stereocenters. The molecule has 8 heteroatoms. The molecule has 1 aromatic rings. The molecule has 1 fully saturated rings. The summed E-state index contributed by atoms with van der Waals surface area (Å²) in [5, 5.41) is 6.80. The van der Waals surface area contributed by atoms with Crippen molar-refractivity contribution in [2.24, 2.45) is 4.99 Å². The van der Waals surface area contributed by atoms with Gasteiger partial charge in [0.2, 0.25) is 0 Å². The maximum Gasteiger partial charge on any atom is 0.191 e. The molecule has 0 aliphatic carbocycles. The summed E-state index contributed by atoms with van der Waals surface area (Å²) in [4.78, 5) is 4.32. The first-order valence-electron chi connectivity index (χ1n) is 8.99. The summed E-state index contributed by atoms with van der Waals surface area (Å²) in [5.74, 6) is 2.38. The Morgan fingerprint density at radius 1 is 1.30 bits per heavy atom. The SMILES string of the molecule is CN=C(NCC(C)Oc1cccc(OC)c1)NCC1(SC)CCOCC1.I. The van der Waals surface area contributed by atoms with Gasteiger partial charge in [-0.05, 0) is 38.2 Å².